The Labute approximate surface area is 135 Å². The Bertz CT molecular complexity index is 695. The molecule has 2 aromatic carbocycles. The Morgan fingerprint density at radius 1 is 1.10 bits per heavy atom. The van der Waals surface area contributed by atoms with Gasteiger partial charge in [-0.3, -0.25) is 4.90 Å². The molecule has 1 nitrogen and oxygen atoms in total. The minimum absolute atomic E-state index is 0. The first-order valence-corrected chi connectivity index (χ1v) is 6.88. The second kappa shape index (κ2) is 6.18. The van der Waals surface area contributed by atoms with Crippen LogP contribution in [0.25, 0.3) is 5.57 Å². The molecule has 0 aliphatic heterocycles. The summed E-state index contributed by atoms with van der Waals surface area (Å²) in [4.78, 5) is 2.16. The highest BCUT2D eigenvalue weighted by atomic mass is 35.5. The fraction of sp³-hybridized carbons (Fsp3) is 0.176. The smallest absolute Gasteiger partial charge is 0.141 e. The summed E-state index contributed by atoms with van der Waals surface area (Å²) in [6, 6.07) is 13.4. The summed E-state index contributed by atoms with van der Waals surface area (Å²) < 4.78 is 13.3. The van der Waals surface area contributed by atoms with Crippen molar-refractivity contribution in [1.82, 2.24) is 4.90 Å². The SMILES string of the molecule is CN(C)C1C=C(c2ccc(F)c(Cl)c2)c2ccccc21.Cl. The molecule has 1 unspecified atom stereocenters. The molecule has 0 fully saturated rings. The Kier molecular flexibility index (Phi) is 4.72. The van der Waals surface area contributed by atoms with Gasteiger partial charge >= 0.3 is 0 Å². The van der Waals surface area contributed by atoms with Gasteiger partial charge in [-0.25, -0.2) is 4.39 Å². The van der Waals surface area contributed by atoms with E-state index in [4.69, 9.17) is 11.6 Å². The zero-order valence-electron chi connectivity index (χ0n) is 11.8. The lowest BCUT2D eigenvalue weighted by atomic mass is 9.99. The molecule has 110 valence electrons. The van der Waals surface area contributed by atoms with Crippen LogP contribution in [0.15, 0.2) is 48.5 Å². The summed E-state index contributed by atoms with van der Waals surface area (Å²) in [5.74, 6) is -0.383. The average molecular weight is 324 g/mol. The van der Waals surface area contributed by atoms with E-state index in [1.807, 2.05) is 12.1 Å². The molecule has 21 heavy (non-hydrogen) atoms. The molecule has 1 atom stereocenters. The third-order valence-electron chi connectivity index (χ3n) is 3.68. The Morgan fingerprint density at radius 2 is 1.81 bits per heavy atom. The topological polar surface area (TPSA) is 3.24 Å². The van der Waals surface area contributed by atoms with Crippen LogP contribution in [-0.2, 0) is 0 Å². The van der Waals surface area contributed by atoms with E-state index in [2.05, 4.69) is 37.2 Å². The maximum atomic E-state index is 13.3. The van der Waals surface area contributed by atoms with Crippen molar-refractivity contribution in [3.8, 4) is 0 Å². The van der Waals surface area contributed by atoms with E-state index in [9.17, 15) is 4.39 Å². The third kappa shape index (κ3) is 2.84. The first kappa shape index (κ1) is 16.0. The highest BCUT2D eigenvalue weighted by Crippen LogP contribution is 2.40. The van der Waals surface area contributed by atoms with Crippen molar-refractivity contribution < 1.29 is 4.39 Å². The van der Waals surface area contributed by atoms with Gasteiger partial charge in [-0.1, -0.05) is 48.0 Å². The summed E-state index contributed by atoms with van der Waals surface area (Å²) >= 11 is 5.91. The van der Waals surface area contributed by atoms with Gasteiger partial charge in [0.25, 0.3) is 0 Å². The molecule has 0 N–H and O–H groups in total. The van der Waals surface area contributed by atoms with Gasteiger partial charge in [0.1, 0.15) is 5.82 Å². The number of fused-ring (bicyclic) bond motifs is 1. The van der Waals surface area contributed by atoms with Gasteiger partial charge in [-0.2, -0.15) is 0 Å². The van der Waals surface area contributed by atoms with Crippen molar-refractivity contribution in [2.75, 3.05) is 14.1 Å². The first-order chi connectivity index (χ1) is 9.58. The second-order valence-electron chi connectivity index (χ2n) is 5.20. The maximum Gasteiger partial charge on any atom is 0.141 e. The van der Waals surface area contributed by atoms with Crippen LogP contribution < -0.4 is 0 Å². The number of hydrogen-bond acceptors (Lipinski definition) is 1. The van der Waals surface area contributed by atoms with Gasteiger partial charge < -0.3 is 0 Å². The van der Waals surface area contributed by atoms with E-state index in [0.717, 1.165) is 11.1 Å². The lowest BCUT2D eigenvalue weighted by molar-refractivity contribution is 0.355. The summed E-state index contributed by atoms with van der Waals surface area (Å²) in [5.41, 5.74) is 4.52. The number of rotatable bonds is 2. The molecule has 0 heterocycles. The number of benzene rings is 2. The van der Waals surface area contributed by atoms with E-state index in [0.29, 0.717) is 0 Å². The molecule has 1 aliphatic rings. The Morgan fingerprint density at radius 3 is 2.48 bits per heavy atom. The molecule has 1 aliphatic carbocycles. The largest absolute Gasteiger partial charge is 0.299 e. The minimum atomic E-state index is -0.383. The third-order valence-corrected chi connectivity index (χ3v) is 3.97. The standard InChI is InChI=1S/C17H15ClFN.ClH/c1-20(2)17-10-14(12-5-3-4-6-13(12)17)11-7-8-16(19)15(18)9-11;/h3-10,17H,1-2H3;1H. The molecule has 2 aromatic rings. The van der Waals surface area contributed by atoms with Crippen molar-refractivity contribution in [1.29, 1.82) is 0 Å². The van der Waals surface area contributed by atoms with Gasteiger partial charge in [0.2, 0.25) is 0 Å². The number of hydrogen-bond donors (Lipinski definition) is 0. The van der Waals surface area contributed by atoms with Crippen molar-refractivity contribution in [2.24, 2.45) is 0 Å². The quantitative estimate of drug-likeness (QED) is 0.755. The van der Waals surface area contributed by atoms with Gasteiger partial charge in [-0.15, -0.1) is 12.4 Å². The zero-order chi connectivity index (χ0) is 14.3. The molecule has 3 rings (SSSR count). The molecule has 0 saturated carbocycles. The highest BCUT2D eigenvalue weighted by molar-refractivity contribution is 6.30. The van der Waals surface area contributed by atoms with Crippen molar-refractivity contribution in [3.05, 3.63) is 76.1 Å². The predicted molar refractivity (Wildman–Crippen MR) is 88.6 cm³/mol. The molecule has 4 heteroatoms. The van der Waals surface area contributed by atoms with Crippen molar-refractivity contribution in [2.45, 2.75) is 6.04 Å². The van der Waals surface area contributed by atoms with Crippen LogP contribution in [0.3, 0.4) is 0 Å². The summed E-state index contributed by atoms with van der Waals surface area (Å²) in [5, 5.41) is 0.161. The number of halogens is 3. The minimum Gasteiger partial charge on any atom is -0.299 e. The molecular formula is C17H16Cl2FN. The molecule has 0 bridgehead atoms. The van der Waals surface area contributed by atoms with E-state index < -0.39 is 0 Å². The van der Waals surface area contributed by atoms with Crippen LogP contribution in [0.5, 0.6) is 0 Å². The maximum absolute atomic E-state index is 13.3. The fourth-order valence-corrected chi connectivity index (χ4v) is 2.86. The zero-order valence-corrected chi connectivity index (χ0v) is 13.4. The van der Waals surface area contributed by atoms with E-state index >= 15 is 0 Å². The van der Waals surface area contributed by atoms with Gasteiger partial charge in [0.15, 0.2) is 0 Å². The Balaban J connectivity index is 0.00000161. The van der Waals surface area contributed by atoms with Gasteiger partial charge in [0, 0.05) is 0 Å². The molecule has 0 spiro atoms. The monoisotopic (exact) mass is 323 g/mol. The van der Waals surface area contributed by atoms with E-state index in [1.165, 1.54) is 17.2 Å². The van der Waals surface area contributed by atoms with Crippen LogP contribution in [0.4, 0.5) is 4.39 Å². The van der Waals surface area contributed by atoms with Crippen molar-refractivity contribution >= 4 is 29.6 Å². The van der Waals surface area contributed by atoms with Crippen LogP contribution in [0, 0.1) is 5.82 Å². The molecular weight excluding hydrogens is 308 g/mol. The van der Waals surface area contributed by atoms with E-state index in [1.54, 1.807) is 12.1 Å². The lowest BCUT2D eigenvalue weighted by Crippen LogP contribution is -2.16. The van der Waals surface area contributed by atoms with Crippen molar-refractivity contribution in [3.63, 3.8) is 0 Å². The highest BCUT2D eigenvalue weighted by Gasteiger charge is 2.25. The molecule has 0 radical (unpaired) electrons. The lowest BCUT2D eigenvalue weighted by Gasteiger charge is -2.18. The predicted octanol–water partition coefficient (Wildman–Crippen LogP) is 4.95. The molecule has 0 amide bonds. The van der Waals surface area contributed by atoms with Crippen LogP contribution in [-0.4, -0.2) is 19.0 Å². The van der Waals surface area contributed by atoms with Gasteiger partial charge in [-0.05, 0) is 48.5 Å². The first-order valence-electron chi connectivity index (χ1n) is 6.51. The number of likely N-dealkylation sites (N-methyl/N-ethyl adjacent to an activating group) is 1. The molecule has 0 saturated heterocycles. The van der Waals surface area contributed by atoms with Crippen LogP contribution >= 0.6 is 24.0 Å². The van der Waals surface area contributed by atoms with Crippen LogP contribution in [0.2, 0.25) is 5.02 Å². The molecule has 0 aromatic heterocycles. The fourth-order valence-electron chi connectivity index (χ4n) is 2.68. The second-order valence-corrected chi connectivity index (χ2v) is 5.61. The number of nitrogens with zero attached hydrogens (tertiary/aromatic N) is 1. The average Bonchev–Trinajstić information content (AvgIpc) is 2.82. The van der Waals surface area contributed by atoms with E-state index in [-0.39, 0.29) is 29.3 Å². The summed E-state index contributed by atoms with van der Waals surface area (Å²) in [6.07, 6.45) is 2.20. The van der Waals surface area contributed by atoms with Gasteiger partial charge in [0.05, 0.1) is 11.1 Å². The normalized spacial score (nSPS) is 16.4. The summed E-state index contributed by atoms with van der Waals surface area (Å²) in [7, 11) is 4.11. The Hall–Kier alpha value is -1.35. The van der Waals surface area contributed by atoms with Crippen LogP contribution in [0.1, 0.15) is 22.7 Å². The summed E-state index contributed by atoms with van der Waals surface area (Å²) in [6.45, 7) is 0.